The summed E-state index contributed by atoms with van der Waals surface area (Å²) >= 11 is 4.83. The summed E-state index contributed by atoms with van der Waals surface area (Å²) in [4.78, 5) is 12.0. The van der Waals surface area contributed by atoms with Crippen molar-refractivity contribution in [2.45, 2.75) is 0 Å². The van der Waals surface area contributed by atoms with E-state index in [0.29, 0.717) is 5.56 Å². The zero-order chi connectivity index (χ0) is 14.8. The van der Waals surface area contributed by atoms with Crippen molar-refractivity contribution in [2.24, 2.45) is 7.05 Å². The van der Waals surface area contributed by atoms with Crippen molar-refractivity contribution in [3.8, 4) is 11.4 Å². The molecule has 0 saturated carbocycles. The molecule has 0 atom stereocenters. The molecule has 0 aliphatic carbocycles. The number of aryl methyl sites for hydroxylation is 1. The number of aromatic nitrogens is 3. The third-order valence-electron chi connectivity index (χ3n) is 2.94. The maximum absolute atomic E-state index is 12.0. The van der Waals surface area contributed by atoms with Crippen LogP contribution in [0.25, 0.3) is 11.4 Å². The van der Waals surface area contributed by atoms with E-state index in [1.165, 1.54) is 11.3 Å². The molecule has 0 saturated heterocycles. The molecule has 0 aliphatic rings. The topological polar surface area (TPSA) is 59.8 Å². The number of hydrogen-bond donors (Lipinski definition) is 1. The highest BCUT2D eigenvalue weighted by molar-refractivity contribution is 9.11. The number of carbonyl (C=O) groups excluding carboxylic acids is 1. The van der Waals surface area contributed by atoms with E-state index in [4.69, 9.17) is 0 Å². The van der Waals surface area contributed by atoms with Gasteiger partial charge in [0.05, 0.1) is 9.35 Å². The molecule has 21 heavy (non-hydrogen) atoms. The Morgan fingerprint density at radius 3 is 2.67 bits per heavy atom. The van der Waals surface area contributed by atoms with Crippen molar-refractivity contribution in [3.63, 3.8) is 0 Å². The van der Waals surface area contributed by atoms with Gasteiger partial charge in [-0.15, -0.1) is 21.5 Å². The van der Waals surface area contributed by atoms with Crippen LogP contribution in [0.3, 0.4) is 0 Å². The summed E-state index contributed by atoms with van der Waals surface area (Å²) in [7, 11) is 1.89. The van der Waals surface area contributed by atoms with E-state index < -0.39 is 0 Å². The summed E-state index contributed by atoms with van der Waals surface area (Å²) in [6.45, 7) is 0. The number of rotatable bonds is 3. The standard InChI is InChI=1S/C14H11BrN4OS/c1-19-8-16-18-13(19)9-2-4-11(5-3-9)17-14(20)10-6-12(15)21-7-10/h2-8H,1H3,(H,17,20). The monoisotopic (exact) mass is 362 g/mol. The van der Waals surface area contributed by atoms with E-state index in [1.807, 2.05) is 41.3 Å². The molecule has 1 N–H and O–H groups in total. The van der Waals surface area contributed by atoms with E-state index >= 15 is 0 Å². The molecular formula is C14H11BrN4OS. The Morgan fingerprint density at radius 1 is 1.33 bits per heavy atom. The summed E-state index contributed by atoms with van der Waals surface area (Å²) in [6, 6.07) is 9.31. The zero-order valence-electron chi connectivity index (χ0n) is 11.1. The first-order valence-electron chi connectivity index (χ1n) is 6.13. The van der Waals surface area contributed by atoms with Crippen LogP contribution in [0.1, 0.15) is 10.4 Å². The SMILES string of the molecule is Cn1cnnc1-c1ccc(NC(=O)c2csc(Br)c2)cc1. The second-order valence-corrected chi connectivity index (χ2v) is 6.73. The summed E-state index contributed by atoms with van der Waals surface area (Å²) in [5.74, 6) is 0.665. The van der Waals surface area contributed by atoms with Crippen molar-refractivity contribution >= 4 is 38.9 Å². The number of amides is 1. The van der Waals surface area contributed by atoms with Crippen molar-refractivity contribution in [2.75, 3.05) is 5.32 Å². The largest absolute Gasteiger partial charge is 0.322 e. The first-order valence-corrected chi connectivity index (χ1v) is 7.80. The number of halogens is 1. The Balaban J connectivity index is 1.76. The molecule has 0 spiro atoms. The van der Waals surface area contributed by atoms with Gasteiger partial charge in [-0.1, -0.05) is 0 Å². The van der Waals surface area contributed by atoms with Gasteiger partial charge in [-0.05, 0) is 46.3 Å². The fraction of sp³-hybridized carbons (Fsp3) is 0.0714. The minimum atomic E-state index is -0.122. The Hall–Kier alpha value is -1.99. The molecule has 0 bridgehead atoms. The lowest BCUT2D eigenvalue weighted by Gasteiger charge is -2.05. The van der Waals surface area contributed by atoms with Crippen LogP contribution in [-0.4, -0.2) is 20.7 Å². The minimum Gasteiger partial charge on any atom is -0.322 e. The van der Waals surface area contributed by atoms with Crippen LogP contribution in [0, 0.1) is 0 Å². The highest BCUT2D eigenvalue weighted by atomic mass is 79.9. The normalized spacial score (nSPS) is 10.6. The Morgan fingerprint density at radius 2 is 2.10 bits per heavy atom. The number of hydrogen-bond acceptors (Lipinski definition) is 4. The molecule has 0 radical (unpaired) electrons. The number of nitrogens with zero attached hydrogens (tertiary/aromatic N) is 3. The highest BCUT2D eigenvalue weighted by Gasteiger charge is 2.09. The van der Waals surface area contributed by atoms with E-state index in [0.717, 1.165) is 20.9 Å². The molecule has 0 fully saturated rings. The number of nitrogens with one attached hydrogen (secondary N) is 1. The Labute approximate surface area is 133 Å². The Kier molecular flexibility index (Phi) is 3.85. The second kappa shape index (κ2) is 5.79. The van der Waals surface area contributed by atoms with Gasteiger partial charge < -0.3 is 9.88 Å². The number of thiophene rings is 1. The van der Waals surface area contributed by atoms with Crippen molar-refractivity contribution in [1.29, 1.82) is 0 Å². The molecule has 2 heterocycles. The number of anilines is 1. The summed E-state index contributed by atoms with van der Waals surface area (Å²) < 4.78 is 2.78. The van der Waals surface area contributed by atoms with Gasteiger partial charge >= 0.3 is 0 Å². The van der Waals surface area contributed by atoms with Gasteiger partial charge in [0, 0.05) is 23.7 Å². The van der Waals surface area contributed by atoms with Gasteiger partial charge in [0.25, 0.3) is 5.91 Å². The van der Waals surface area contributed by atoms with Crippen LogP contribution in [0.15, 0.2) is 45.8 Å². The van der Waals surface area contributed by atoms with Crippen molar-refractivity contribution in [3.05, 3.63) is 51.4 Å². The molecule has 0 aliphatic heterocycles. The molecule has 5 nitrogen and oxygen atoms in total. The molecule has 1 aromatic carbocycles. The van der Waals surface area contributed by atoms with Crippen LogP contribution >= 0.6 is 27.3 Å². The van der Waals surface area contributed by atoms with Gasteiger partial charge in [0.2, 0.25) is 0 Å². The summed E-state index contributed by atoms with van der Waals surface area (Å²) in [5, 5.41) is 12.6. The summed E-state index contributed by atoms with van der Waals surface area (Å²) in [5.41, 5.74) is 2.34. The van der Waals surface area contributed by atoms with Gasteiger partial charge in [0.15, 0.2) is 5.82 Å². The van der Waals surface area contributed by atoms with Crippen LogP contribution in [-0.2, 0) is 7.05 Å². The highest BCUT2D eigenvalue weighted by Crippen LogP contribution is 2.22. The molecule has 7 heteroatoms. The van der Waals surface area contributed by atoms with Crippen LogP contribution < -0.4 is 5.32 Å². The minimum absolute atomic E-state index is 0.122. The third kappa shape index (κ3) is 3.03. The van der Waals surface area contributed by atoms with Crippen LogP contribution in [0.5, 0.6) is 0 Å². The lowest BCUT2D eigenvalue weighted by Crippen LogP contribution is -2.10. The summed E-state index contributed by atoms with van der Waals surface area (Å²) in [6.07, 6.45) is 1.65. The molecule has 3 rings (SSSR count). The van der Waals surface area contributed by atoms with E-state index in [-0.39, 0.29) is 5.91 Å². The first kappa shape index (κ1) is 14.0. The lowest BCUT2D eigenvalue weighted by atomic mass is 10.2. The fourth-order valence-corrected chi connectivity index (χ4v) is 3.02. The van der Waals surface area contributed by atoms with Crippen molar-refractivity contribution in [1.82, 2.24) is 14.8 Å². The van der Waals surface area contributed by atoms with Crippen LogP contribution in [0.4, 0.5) is 5.69 Å². The maximum Gasteiger partial charge on any atom is 0.256 e. The molecule has 1 amide bonds. The smallest absolute Gasteiger partial charge is 0.256 e. The van der Waals surface area contributed by atoms with E-state index in [1.54, 1.807) is 12.4 Å². The fourth-order valence-electron chi connectivity index (χ4n) is 1.88. The van der Waals surface area contributed by atoms with Crippen LogP contribution in [0.2, 0.25) is 0 Å². The molecule has 2 aromatic heterocycles. The lowest BCUT2D eigenvalue weighted by molar-refractivity contribution is 0.102. The third-order valence-corrected chi connectivity index (χ3v) is 4.45. The molecule has 0 unspecified atom stereocenters. The molecule has 3 aromatic rings. The number of benzene rings is 1. The maximum atomic E-state index is 12.0. The van der Waals surface area contributed by atoms with E-state index in [2.05, 4.69) is 31.4 Å². The van der Waals surface area contributed by atoms with E-state index in [9.17, 15) is 4.79 Å². The predicted molar refractivity (Wildman–Crippen MR) is 86.4 cm³/mol. The van der Waals surface area contributed by atoms with Gasteiger partial charge in [-0.25, -0.2) is 0 Å². The number of carbonyl (C=O) groups is 1. The quantitative estimate of drug-likeness (QED) is 0.774. The molecule has 106 valence electrons. The Bertz CT molecular complexity index is 778. The first-order chi connectivity index (χ1) is 10.1. The predicted octanol–water partition coefficient (Wildman–Crippen LogP) is 3.56. The van der Waals surface area contributed by atoms with Gasteiger partial charge in [0.1, 0.15) is 6.33 Å². The second-order valence-electron chi connectivity index (χ2n) is 4.44. The zero-order valence-corrected chi connectivity index (χ0v) is 13.5. The average Bonchev–Trinajstić information content (AvgIpc) is 3.08. The van der Waals surface area contributed by atoms with Gasteiger partial charge in [-0.3, -0.25) is 4.79 Å². The molecular weight excluding hydrogens is 352 g/mol. The van der Waals surface area contributed by atoms with Gasteiger partial charge in [-0.2, -0.15) is 0 Å². The van der Waals surface area contributed by atoms with Crippen molar-refractivity contribution < 1.29 is 4.79 Å². The average molecular weight is 363 g/mol.